The van der Waals surface area contributed by atoms with E-state index in [1.165, 1.54) is 17.7 Å². The lowest BCUT2D eigenvalue weighted by atomic mass is 9.85. The number of nitrogens with one attached hydrogen (secondary N) is 1. The second-order valence-corrected chi connectivity index (χ2v) is 4.92. The molecule has 0 aliphatic carbocycles. The van der Waals surface area contributed by atoms with Gasteiger partial charge in [-0.15, -0.1) is 0 Å². The first-order chi connectivity index (χ1) is 6.07. The third-order valence-electron chi connectivity index (χ3n) is 2.82. The van der Waals surface area contributed by atoms with Crippen LogP contribution in [0.5, 0.6) is 0 Å². The molecule has 0 saturated carbocycles. The summed E-state index contributed by atoms with van der Waals surface area (Å²) < 4.78 is 0. The summed E-state index contributed by atoms with van der Waals surface area (Å²) in [5.74, 6) is 0. The van der Waals surface area contributed by atoms with Crippen molar-refractivity contribution in [2.75, 3.05) is 5.32 Å². The van der Waals surface area contributed by atoms with Gasteiger partial charge in [0.05, 0.1) is 0 Å². The number of rotatable bonds is 0. The van der Waals surface area contributed by atoms with Crippen LogP contribution in [0.4, 0.5) is 5.69 Å². The Morgan fingerprint density at radius 3 is 2.54 bits per heavy atom. The molecule has 1 N–H and O–H groups in total. The average molecular weight is 175 g/mol. The average Bonchev–Trinajstić information content (AvgIpc) is 2.45. The third-order valence-corrected chi connectivity index (χ3v) is 2.82. The quantitative estimate of drug-likeness (QED) is 0.639. The van der Waals surface area contributed by atoms with Crippen molar-refractivity contribution in [1.29, 1.82) is 0 Å². The minimum Gasteiger partial charge on any atom is -0.381 e. The van der Waals surface area contributed by atoms with Gasteiger partial charge in [-0.1, -0.05) is 39.0 Å². The van der Waals surface area contributed by atoms with E-state index in [0.717, 1.165) is 0 Å². The first-order valence-corrected chi connectivity index (χ1v) is 4.92. The van der Waals surface area contributed by atoms with Gasteiger partial charge in [-0.05, 0) is 23.5 Å². The number of fused-ring (bicyclic) bond motifs is 1. The van der Waals surface area contributed by atoms with Crippen molar-refractivity contribution in [3.63, 3.8) is 0 Å². The molecule has 1 heteroatoms. The van der Waals surface area contributed by atoms with Crippen LogP contribution in [-0.2, 0) is 6.42 Å². The lowest BCUT2D eigenvalue weighted by Gasteiger charge is -2.27. The molecule has 1 atom stereocenters. The fourth-order valence-electron chi connectivity index (χ4n) is 1.82. The van der Waals surface area contributed by atoms with Crippen molar-refractivity contribution in [3.8, 4) is 0 Å². The van der Waals surface area contributed by atoms with Crippen LogP contribution < -0.4 is 5.32 Å². The van der Waals surface area contributed by atoms with Crippen LogP contribution in [0, 0.1) is 5.41 Å². The molecule has 1 aromatic carbocycles. The van der Waals surface area contributed by atoms with Crippen LogP contribution in [-0.4, -0.2) is 6.04 Å². The van der Waals surface area contributed by atoms with Gasteiger partial charge in [-0.25, -0.2) is 0 Å². The van der Waals surface area contributed by atoms with E-state index in [4.69, 9.17) is 0 Å². The normalized spacial score (nSPS) is 21.0. The molecular weight excluding hydrogens is 158 g/mol. The molecule has 0 aromatic heterocycles. The number of anilines is 1. The SMILES string of the molecule is CC(C)(C)C1Cc2ccccc2N1. The van der Waals surface area contributed by atoms with E-state index in [1.807, 2.05) is 0 Å². The molecule has 1 aromatic rings. The number of para-hydroxylation sites is 1. The highest BCUT2D eigenvalue weighted by molar-refractivity contribution is 5.56. The highest BCUT2D eigenvalue weighted by atomic mass is 15.0. The minimum atomic E-state index is 0.346. The van der Waals surface area contributed by atoms with Gasteiger partial charge in [-0.3, -0.25) is 0 Å². The summed E-state index contributed by atoms with van der Waals surface area (Å²) in [6.07, 6.45) is 1.17. The molecule has 0 saturated heterocycles. The van der Waals surface area contributed by atoms with Gasteiger partial charge in [0.15, 0.2) is 0 Å². The summed E-state index contributed by atoms with van der Waals surface area (Å²) in [4.78, 5) is 0. The van der Waals surface area contributed by atoms with Crippen LogP contribution in [0.25, 0.3) is 0 Å². The summed E-state index contributed by atoms with van der Waals surface area (Å²) in [6.45, 7) is 6.86. The van der Waals surface area contributed by atoms with Gasteiger partial charge in [0.1, 0.15) is 0 Å². The summed E-state index contributed by atoms with van der Waals surface area (Å²) in [5.41, 5.74) is 3.13. The molecule has 2 rings (SSSR count). The van der Waals surface area contributed by atoms with E-state index in [9.17, 15) is 0 Å². The predicted octanol–water partition coefficient (Wildman–Crippen LogP) is 3.07. The number of hydrogen-bond donors (Lipinski definition) is 1. The van der Waals surface area contributed by atoms with Gasteiger partial charge in [0.25, 0.3) is 0 Å². The van der Waals surface area contributed by atoms with Gasteiger partial charge in [0.2, 0.25) is 0 Å². The van der Waals surface area contributed by atoms with E-state index < -0.39 is 0 Å². The molecule has 1 aliphatic heterocycles. The third kappa shape index (κ3) is 1.55. The molecule has 0 bridgehead atoms. The lowest BCUT2D eigenvalue weighted by Crippen LogP contribution is -2.31. The van der Waals surface area contributed by atoms with Crippen LogP contribution >= 0.6 is 0 Å². The van der Waals surface area contributed by atoms with Crippen LogP contribution in [0.2, 0.25) is 0 Å². The molecule has 0 fully saturated rings. The Bertz CT molecular complexity index is 284. The zero-order valence-electron chi connectivity index (χ0n) is 8.59. The minimum absolute atomic E-state index is 0.346. The second-order valence-electron chi connectivity index (χ2n) is 4.92. The van der Waals surface area contributed by atoms with Crippen molar-refractivity contribution in [2.24, 2.45) is 5.41 Å². The van der Waals surface area contributed by atoms with E-state index in [-0.39, 0.29) is 0 Å². The molecular formula is C12H17N. The maximum absolute atomic E-state index is 3.57. The first kappa shape index (κ1) is 8.61. The van der Waals surface area contributed by atoms with E-state index in [0.29, 0.717) is 11.5 Å². The van der Waals surface area contributed by atoms with Gasteiger partial charge >= 0.3 is 0 Å². The standard InChI is InChI=1S/C12H17N/c1-12(2,3)11-8-9-6-4-5-7-10(9)13-11/h4-7,11,13H,8H2,1-3H3. The molecule has 0 radical (unpaired) electrons. The molecule has 0 spiro atoms. The van der Waals surface area contributed by atoms with Crippen LogP contribution in [0.3, 0.4) is 0 Å². The summed E-state index contributed by atoms with van der Waals surface area (Å²) in [6, 6.07) is 9.18. The van der Waals surface area contributed by atoms with E-state index in [2.05, 4.69) is 50.4 Å². The predicted molar refractivity (Wildman–Crippen MR) is 57.0 cm³/mol. The van der Waals surface area contributed by atoms with Crippen molar-refractivity contribution < 1.29 is 0 Å². The Morgan fingerprint density at radius 1 is 1.23 bits per heavy atom. The first-order valence-electron chi connectivity index (χ1n) is 4.92. The zero-order chi connectivity index (χ0) is 9.47. The van der Waals surface area contributed by atoms with Crippen LogP contribution in [0.1, 0.15) is 26.3 Å². The molecule has 13 heavy (non-hydrogen) atoms. The van der Waals surface area contributed by atoms with Crippen molar-refractivity contribution in [2.45, 2.75) is 33.2 Å². The Hall–Kier alpha value is -0.980. The Balaban J connectivity index is 2.23. The molecule has 70 valence electrons. The van der Waals surface area contributed by atoms with Crippen LogP contribution in [0.15, 0.2) is 24.3 Å². The topological polar surface area (TPSA) is 12.0 Å². The maximum Gasteiger partial charge on any atom is 0.0375 e. The smallest absolute Gasteiger partial charge is 0.0375 e. The summed E-state index contributed by atoms with van der Waals surface area (Å²) >= 11 is 0. The zero-order valence-corrected chi connectivity index (χ0v) is 8.59. The fraction of sp³-hybridized carbons (Fsp3) is 0.500. The number of hydrogen-bond acceptors (Lipinski definition) is 1. The van der Waals surface area contributed by atoms with Crippen molar-refractivity contribution in [3.05, 3.63) is 29.8 Å². The fourth-order valence-corrected chi connectivity index (χ4v) is 1.82. The molecule has 1 unspecified atom stereocenters. The highest BCUT2D eigenvalue weighted by Gasteiger charge is 2.29. The summed E-state index contributed by atoms with van der Waals surface area (Å²) in [7, 11) is 0. The van der Waals surface area contributed by atoms with Crippen molar-refractivity contribution >= 4 is 5.69 Å². The monoisotopic (exact) mass is 175 g/mol. The van der Waals surface area contributed by atoms with Gasteiger partial charge in [0, 0.05) is 11.7 Å². The van der Waals surface area contributed by atoms with Gasteiger partial charge < -0.3 is 5.32 Å². The molecule has 1 aliphatic rings. The Morgan fingerprint density at radius 2 is 1.92 bits per heavy atom. The summed E-state index contributed by atoms with van der Waals surface area (Å²) in [5, 5.41) is 3.57. The number of benzene rings is 1. The largest absolute Gasteiger partial charge is 0.381 e. The Labute approximate surface area is 80.2 Å². The molecule has 1 heterocycles. The highest BCUT2D eigenvalue weighted by Crippen LogP contribution is 2.33. The maximum atomic E-state index is 3.57. The van der Waals surface area contributed by atoms with Crippen molar-refractivity contribution in [1.82, 2.24) is 0 Å². The molecule has 1 nitrogen and oxygen atoms in total. The van der Waals surface area contributed by atoms with E-state index >= 15 is 0 Å². The van der Waals surface area contributed by atoms with Gasteiger partial charge in [-0.2, -0.15) is 0 Å². The lowest BCUT2D eigenvalue weighted by molar-refractivity contribution is 0.347. The van der Waals surface area contributed by atoms with E-state index in [1.54, 1.807) is 0 Å². The second kappa shape index (κ2) is 2.76. The molecule has 0 amide bonds. The Kier molecular flexibility index (Phi) is 1.83.